The number of aromatic nitrogens is 2. The molecule has 5 nitrogen and oxygen atoms in total. The predicted molar refractivity (Wildman–Crippen MR) is 102 cm³/mol. The molecule has 27 heavy (non-hydrogen) atoms. The van der Waals surface area contributed by atoms with Crippen molar-refractivity contribution in [3.8, 4) is 11.1 Å². The van der Waals surface area contributed by atoms with E-state index in [-0.39, 0.29) is 11.7 Å². The average molecular weight is 362 g/mol. The van der Waals surface area contributed by atoms with Crippen LogP contribution in [-0.4, -0.2) is 33.9 Å². The number of nitrogens with zero attached hydrogens (tertiary/aromatic N) is 3. The number of anilines is 2. The molecular weight excluding hydrogens is 343 g/mol. The smallest absolute Gasteiger partial charge is 0.253 e. The number of halogens is 1. The van der Waals surface area contributed by atoms with E-state index in [2.05, 4.69) is 15.3 Å². The van der Waals surface area contributed by atoms with Gasteiger partial charge in [-0.3, -0.25) is 4.79 Å². The maximum absolute atomic E-state index is 13.4. The second-order valence-corrected chi connectivity index (χ2v) is 6.51. The Morgan fingerprint density at radius 2 is 1.70 bits per heavy atom. The van der Waals surface area contributed by atoms with Crippen molar-refractivity contribution in [1.29, 1.82) is 0 Å². The van der Waals surface area contributed by atoms with Crippen molar-refractivity contribution in [3.05, 3.63) is 72.3 Å². The Hall–Kier alpha value is -3.28. The van der Waals surface area contributed by atoms with E-state index < -0.39 is 0 Å². The number of carbonyl (C=O) groups is 1. The van der Waals surface area contributed by atoms with E-state index in [1.165, 1.54) is 12.1 Å². The van der Waals surface area contributed by atoms with Gasteiger partial charge in [0.2, 0.25) is 5.95 Å². The lowest BCUT2D eigenvalue weighted by Gasteiger charge is -2.15. The van der Waals surface area contributed by atoms with Crippen LogP contribution in [0.4, 0.5) is 16.0 Å². The SMILES string of the molecule is O=C(c1cccc(Nc2ncc(-c3cccc(F)c3)cn2)c1)N1CCCC1. The summed E-state index contributed by atoms with van der Waals surface area (Å²) in [6.45, 7) is 1.64. The van der Waals surface area contributed by atoms with E-state index in [9.17, 15) is 9.18 Å². The molecule has 0 radical (unpaired) electrons. The van der Waals surface area contributed by atoms with Crippen LogP contribution in [0.2, 0.25) is 0 Å². The largest absolute Gasteiger partial charge is 0.339 e. The number of amides is 1. The van der Waals surface area contributed by atoms with Gasteiger partial charge in [0, 0.05) is 42.3 Å². The van der Waals surface area contributed by atoms with Gasteiger partial charge in [-0.2, -0.15) is 0 Å². The summed E-state index contributed by atoms with van der Waals surface area (Å²) in [5, 5.41) is 3.11. The highest BCUT2D eigenvalue weighted by molar-refractivity contribution is 5.95. The minimum absolute atomic E-state index is 0.0542. The summed E-state index contributed by atoms with van der Waals surface area (Å²) in [6.07, 6.45) is 5.41. The summed E-state index contributed by atoms with van der Waals surface area (Å²) < 4.78 is 13.4. The summed E-state index contributed by atoms with van der Waals surface area (Å²) >= 11 is 0. The van der Waals surface area contributed by atoms with E-state index in [0.717, 1.165) is 42.7 Å². The molecule has 136 valence electrons. The number of carbonyl (C=O) groups excluding carboxylic acids is 1. The normalized spacial score (nSPS) is 13.6. The third-order valence-corrected chi connectivity index (χ3v) is 4.57. The zero-order valence-corrected chi connectivity index (χ0v) is 14.7. The van der Waals surface area contributed by atoms with Crippen molar-refractivity contribution >= 4 is 17.5 Å². The van der Waals surface area contributed by atoms with Gasteiger partial charge in [0.05, 0.1) is 0 Å². The zero-order valence-electron chi connectivity index (χ0n) is 14.7. The van der Waals surface area contributed by atoms with Crippen molar-refractivity contribution in [2.24, 2.45) is 0 Å². The summed E-state index contributed by atoms with van der Waals surface area (Å²) in [4.78, 5) is 23.0. The number of benzene rings is 2. The van der Waals surface area contributed by atoms with Crippen molar-refractivity contribution < 1.29 is 9.18 Å². The van der Waals surface area contributed by atoms with Crippen molar-refractivity contribution in [2.45, 2.75) is 12.8 Å². The molecule has 1 amide bonds. The van der Waals surface area contributed by atoms with Crippen LogP contribution in [-0.2, 0) is 0 Å². The lowest BCUT2D eigenvalue weighted by atomic mass is 10.1. The van der Waals surface area contributed by atoms with Crippen molar-refractivity contribution in [1.82, 2.24) is 14.9 Å². The van der Waals surface area contributed by atoms with Crippen molar-refractivity contribution in [3.63, 3.8) is 0 Å². The van der Waals surface area contributed by atoms with Crippen LogP contribution in [0.1, 0.15) is 23.2 Å². The van der Waals surface area contributed by atoms with E-state index >= 15 is 0 Å². The Morgan fingerprint density at radius 1 is 0.963 bits per heavy atom. The molecule has 0 aliphatic carbocycles. The van der Waals surface area contributed by atoms with E-state index in [4.69, 9.17) is 0 Å². The fourth-order valence-electron chi connectivity index (χ4n) is 3.17. The van der Waals surface area contributed by atoms with Gasteiger partial charge in [0.25, 0.3) is 5.91 Å². The second kappa shape index (κ2) is 7.53. The molecule has 0 unspecified atom stereocenters. The Kier molecular flexibility index (Phi) is 4.78. The van der Waals surface area contributed by atoms with Crippen LogP contribution in [0, 0.1) is 5.82 Å². The van der Waals surface area contributed by atoms with Gasteiger partial charge in [-0.05, 0) is 48.7 Å². The quantitative estimate of drug-likeness (QED) is 0.753. The Labute approximate surface area is 156 Å². The molecular formula is C21H19FN4O. The van der Waals surface area contributed by atoms with Crippen LogP contribution in [0.25, 0.3) is 11.1 Å². The first kappa shape index (κ1) is 17.1. The third-order valence-electron chi connectivity index (χ3n) is 4.57. The average Bonchev–Trinajstić information content (AvgIpc) is 3.23. The number of hydrogen-bond donors (Lipinski definition) is 1. The van der Waals surface area contributed by atoms with Gasteiger partial charge in [0.1, 0.15) is 5.82 Å². The molecule has 1 aromatic heterocycles. The molecule has 0 saturated carbocycles. The highest BCUT2D eigenvalue weighted by Gasteiger charge is 2.19. The van der Waals surface area contributed by atoms with Crippen LogP contribution in [0.15, 0.2) is 60.9 Å². The lowest BCUT2D eigenvalue weighted by molar-refractivity contribution is 0.0793. The Morgan fingerprint density at radius 3 is 2.44 bits per heavy atom. The van der Waals surface area contributed by atoms with Crippen LogP contribution >= 0.6 is 0 Å². The van der Waals surface area contributed by atoms with Crippen LogP contribution in [0.5, 0.6) is 0 Å². The Bertz CT molecular complexity index is 952. The molecule has 0 spiro atoms. The van der Waals surface area contributed by atoms with E-state index in [0.29, 0.717) is 11.5 Å². The molecule has 1 N–H and O–H groups in total. The first-order valence-electron chi connectivity index (χ1n) is 8.93. The van der Waals surface area contributed by atoms with Crippen LogP contribution < -0.4 is 5.32 Å². The number of nitrogens with one attached hydrogen (secondary N) is 1. The molecule has 0 atom stereocenters. The molecule has 6 heteroatoms. The minimum atomic E-state index is -0.297. The summed E-state index contributed by atoms with van der Waals surface area (Å²) in [6, 6.07) is 13.6. The first-order chi connectivity index (χ1) is 13.2. The number of rotatable bonds is 4. The van der Waals surface area contributed by atoms with Crippen LogP contribution in [0.3, 0.4) is 0 Å². The second-order valence-electron chi connectivity index (χ2n) is 6.51. The van der Waals surface area contributed by atoms with Gasteiger partial charge < -0.3 is 10.2 Å². The molecule has 2 aromatic carbocycles. The molecule has 4 rings (SSSR count). The predicted octanol–water partition coefficient (Wildman–Crippen LogP) is 4.26. The number of hydrogen-bond acceptors (Lipinski definition) is 4. The zero-order chi connectivity index (χ0) is 18.6. The molecule has 1 saturated heterocycles. The van der Waals surface area contributed by atoms with Gasteiger partial charge in [-0.25, -0.2) is 14.4 Å². The first-order valence-corrected chi connectivity index (χ1v) is 8.93. The molecule has 1 fully saturated rings. The monoisotopic (exact) mass is 362 g/mol. The summed E-state index contributed by atoms with van der Waals surface area (Å²) in [5.74, 6) is 0.175. The maximum Gasteiger partial charge on any atom is 0.253 e. The standard InChI is InChI=1S/C21H19FN4O/c22-18-7-3-5-15(11-18)17-13-23-21(24-14-17)25-19-8-4-6-16(12-19)20(27)26-9-1-2-10-26/h3-8,11-14H,1-2,9-10H2,(H,23,24,25). The molecule has 3 aromatic rings. The fourth-order valence-corrected chi connectivity index (χ4v) is 3.17. The Balaban J connectivity index is 1.49. The fraction of sp³-hybridized carbons (Fsp3) is 0.190. The third kappa shape index (κ3) is 3.95. The lowest BCUT2D eigenvalue weighted by Crippen LogP contribution is -2.27. The maximum atomic E-state index is 13.4. The number of likely N-dealkylation sites (tertiary alicyclic amines) is 1. The van der Waals surface area contributed by atoms with Gasteiger partial charge in [0.15, 0.2) is 0 Å². The molecule has 1 aliphatic rings. The van der Waals surface area contributed by atoms with Gasteiger partial charge in [-0.1, -0.05) is 18.2 Å². The summed E-state index contributed by atoms with van der Waals surface area (Å²) in [7, 11) is 0. The van der Waals surface area contributed by atoms with E-state index in [1.807, 2.05) is 35.2 Å². The van der Waals surface area contributed by atoms with E-state index in [1.54, 1.807) is 18.5 Å². The minimum Gasteiger partial charge on any atom is -0.339 e. The summed E-state index contributed by atoms with van der Waals surface area (Å²) in [5.41, 5.74) is 2.86. The van der Waals surface area contributed by atoms with Gasteiger partial charge in [-0.15, -0.1) is 0 Å². The highest BCUT2D eigenvalue weighted by Crippen LogP contribution is 2.21. The molecule has 0 bridgehead atoms. The van der Waals surface area contributed by atoms with Crippen molar-refractivity contribution in [2.75, 3.05) is 18.4 Å². The highest BCUT2D eigenvalue weighted by atomic mass is 19.1. The van der Waals surface area contributed by atoms with Gasteiger partial charge >= 0.3 is 0 Å². The topological polar surface area (TPSA) is 58.1 Å². The molecule has 1 aliphatic heterocycles. The molecule has 2 heterocycles.